The van der Waals surface area contributed by atoms with Gasteiger partial charge in [-0.2, -0.15) is 0 Å². The molecule has 0 bridgehead atoms. The van der Waals surface area contributed by atoms with Crippen molar-refractivity contribution in [2.24, 2.45) is 0 Å². The summed E-state index contributed by atoms with van der Waals surface area (Å²) in [5, 5.41) is 4.70. The molecular weight excluding hydrogens is 342 g/mol. The zero-order chi connectivity index (χ0) is 16.9. The highest BCUT2D eigenvalue weighted by Crippen LogP contribution is 2.21. The van der Waals surface area contributed by atoms with Crippen LogP contribution in [0.2, 0.25) is 5.02 Å². The van der Waals surface area contributed by atoms with Crippen LogP contribution in [0.4, 0.5) is 0 Å². The van der Waals surface area contributed by atoms with E-state index in [1.807, 2.05) is 31.2 Å². The van der Waals surface area contributed by atoms with Crippen LogP contribution in [0.25, 0.3) is 0 Å². The molecule has 1 aromatic carbocycles. The first-order valence-corrected chi connectivity index (χ1v) is 9.52. The number of piperidine rings is 1. The second kappa shape index (κ2) is 8.10. The summed E-state index contributed by atoms with van der Waals surface area (Å²) in [5.41, 5.74) is 1.85. The molecule has 0 radical (unpaired) electrons. The van der Waals surface area contributed by atoms with E-state index in [9.17, 15) is 4.79 Å². The Kier molecular flexibility index (Phi) is 5.87. The van der Waals surface area contributed by atoms with E-state index in [0.29, 0.717) is 11.6 Å². The number of rotatable bonds is 5. The topological polar surface area (TPSA) is 45.2 Å². The summed E-state index contributed by atoms with van der Waals surface area (Å²) in [6, 6.07) is 7.50. The van der Waals surface area contributed by atoms with E-state index >= 15 is 0 Å². The van der Waals surface area contributed by atoms with Gasteiger partial charge in [-0.3, -0.25) is 9.69 Å². The Balaban J connectivity index is 1.59. The predicted octanol–water partition coefficient (Wildman–Crippen LogP) is 4.02. The highest BCUT2D eigenvalue weighted by molar-refractivity contribution is 7.13. The highest BCUT2D eigenvalue weighted by atomic mass is 35.5. The van der Waals surface area contributed by atoms with Gasteiger partial charge >= 0.3 is 0 Å². The van der Waals surface area contributed by atoms with Gasteiger partial charge in [0.15, 0.2) is 0 Å². The molecule has 1 saturated heterocycles. The third-order valence-electron chi connectivity index (χ3n) is 4.22. The normalized spacial score (nSPS) is 15.4. The van der Waals surface area contributed by atoms with Gasteiger partial charge in [-0.15, -0.1) is 11.3 Å². The summed E-state index contributed by atoms with van der Waals surface area (Å²) in [7, 11) is 0. The van der Waals surface area contributed by atoms with Gasteiger partial charge in [-0.1, -0.05) is 30.2 Å². The van der Waals surface area contributed by atoms with Crippen molar-refractivity contribution in [2.75, 3.05) is 13.1 Å². The molecule has 1 N–H and O–H groups in total. The van der Waals surface area contributed by atoms with Crippen LogP contribution in [0, 0.1) is 6.92 Å². The predicted molar refractivity (Wildman–Crippen MR) is 98.6 cm³/mol. The molecule has 1 aliphatic heterocycles. The Bertz CT molecular complexity index is 693. The fraction of sp³-hybridized carbons (Fsp3) is 0.444. The van der Waals surface area contributed by atoms with Crippen LogP contribution < -0.4 is 5.32 Å². The standard InChI is InChI=1S/C18H22ClN3OS/c1-13-17(18(23)20-11-14-5-7-15(19)8-6-14)24-16(21-13)12-22-9-3-2-4-10-22/h5-8H,2-4,9-12H2,1H3,(H,20,23). The van der Waals surface area contributed by atoms with E-state index < -0.39 is 0 Å². The Morgan fingerprint density at radius 1 is 1.25 bits per heavy atom. The van der Waals surface area contributed by atoms with E-state index in [2.05, 4.69) is 15.2 Å². The number of hydrogen-bond acceptors (Lipinski definition) is 4. The summed E-state index contributed by atoms with van der Waals surface area (Å²) in [6.45, 7) is 5.53. The van der Waals surface area contributed by atoms with Crippen LogP contribution in [0.15, 0.2) is 24.3 Å². The van der Waals surface area contributed by atoms with E-state index in [1.54, 1.807) is 0 Å². The molecular formula is C18H22ClN3OS. The largest absolute Gasteiger partial charge is 0.347 e. The third-order valence-corrected chi connectivity index (χ3v) is 5.61. The number of carbonyl (C=O) groups excluding carboxylic acids is 1. The summed E-state index contributed by atoms with van der Waals surface area (Å²) in [4.78, 5) is 20.2. The van der Waals surface area contributed by atoms with Crippen molar-refractivity contribution >= 4 is 28.8 Å². The SMILES string of the molecule is Cc1nc(CN2CCCCC2)sc1C(=O)NCc1ccc(Cl)cc1. The van der Waals surface area contributed by atoms with E-state index in [4.69, 9.17) is 11.6 Å². The minimum atomic E-state index is -0.0511. The lowest BCUT2D eigenvalue weighted by molar-refractivity contribution is 0.0954. The fourth-order valence-corrected chi connectivity index (χ4v) is 4.05. The van der Waals surface area contributed by atoms with Crippen LogP contribution in [0.1, 0.15) is 45.2 Å². The number of hydrogen-bond donors (Lipinski definition) is 1. The van der Waals surface area contributed by atoms with Crippen molar-refractivity contribution in [3.05, 3.63) is 50.4 Å². The van der Waals surface area contributed by atoms with E-state index in [0.717, 1.165) is 40.8 Å². The molecule has 0 atom stereocenters. The number of benzene rings is 1. The van der Waals surface area contributed by atoms with Gasteiger partial charge in [-0.25, -0.2) is 4.98 Å². The first-order chi connectivity index (χ1) is 11.6. The van der Waals surface area contributed by atoms with Crippen LogP contribution in [-0.4, -0.2) is 28.9 Å². The summed E-state index contributed by atoms with van der Waals surface area (Å²) < 4.78 is 0. The second-order valence-corrected chi connectivity index (χ2v) is 7.69. The Morgan fingerprint density at radius 3 is 2.67 bits per heavy atom. The highest BCUT2D eigenvalue weighted by Gasteiger charge is 2.18. The van der Waals surface area contributed by atoms with Crippen molar-refractivity contribution in [2.45, 2.75) is 39.3 Å². The molecule has 2 heterocycles. The molecule has 1 aromatic heterocycles. The molecule has 0 unspecified atom stereocenters. The lowest BCUT2D eigenvalue weighted by Crippen LogP contribution is -2.29. The Hall–Kier alpha value is -1.43. The van der Waals surface area contributed by atoms with Crippen molar-refractivity contribution in [1.29, 1.82) is 0 Å². The van der Waals surface area contributed by atoms with Gasteiger partial charge in [0.05, 0.1) is 12.2 Å². The minimum absolute atomic E-state index is 0.0511. The van der Waals surface area contributed by atoms with Gasteiger partial charge in [0.2, 0.25) is 0 Å². The summed E-state index contributed by atoms with van der Waals surface area (Å²) in [5.74, 6) is -0.0511. The number of thiazole rings is 1. The van der Waals surface area contributed by atoms with Gasteiger partial charge in [0, 0.05) is 11.6 Å². The molecule has 128 valence electrons. The molecule has 0 spiro atoms. The maximum Gasteiger partial charge on any atom is 0.263 e. The summed E-state index contributed by atoms with van der Waals surface area (Å²) >= 11 is 7.39. The Morgan fingerprint density at radius 2 is 1.96 bits per heavy atom. The van der Waals surface area contributed by atoms with E-state index in [-0.39, 0.29) is 5.91 Å². The van der Waals surface area contributed by atoms with E-state index in [1.165, 1.54) is 30.6 Å². The van der Waals surface area contributed by atoms with Crippen molar-refractivity contribution in [3.63, 3.8) is 0 Å². The number of aromatic nitrogens is 1. The van der Waals surface area contributed by atoms with Crippen molar-refractivity contribution in [1.82, 2.24) is 15.2 Å². The molecule has 4 nitrogen and oxygen atoms in total. The monoisotopic (exact) mass is 363 g/mol. The molecule has 6 heteroatoms. The summed E-state index contributed by atoms with van der Waals surface area (Å²) in [6.07, 6.45) is 3.85. The van der Waals surface area contributed by atoms with Crippen LogP contribution in [0.3, 0.4) is 0 Å². The molecule has 2 aromatic rings. The molecule has 3 rings (SSSR count). The molecule has 24 heavy (non-hydrogen) atoms. The maximum atomic E-state index is 12.4. The minimum Gasteiger partial charge on any atom is -0.347 e. The zero-order valence-corrected chi connectivity index (χ0v) is 15.4. The molecule has 1 fully saturated rings. The molecule has 0 saturated carbocycles. The lowest BCUT2D eigenvalue weighted by Gasteiger charge is -2.25. The molecule has 1 amide bonds. The van der Waals surface area contributed by atoms with Crippen molar-refractivity contribution < 1.29 is 4.79 Å². The van der Waals surface area contributed by atoms with Gasteiger partial charge in [0.25, 0.3) is 5.91 Å². The zero-order valence-electron chi connectivity index (χ0n) is 13.8. The Labute approximate surface area is 151 Å². The van der Waals surface area contributed by atoms with Crippen molar-refractivity contribution in [3.8, 4) is 0 Å². The average molecular weight is 364 g/mol. The quantitative estimate of drug-likeness (QED) is 0.872. The van der Waals surface area contributed by atoms with Crippen LogP contribution in [-0.2, 0) is 13.1 Å². The molecule has 0 aliphatic carbocycles. The smallest absolute Gasteiger partial charge is 0.263 e. The number of carbonyl (C=O) groups is 1. The maximum absolute atomic E-state index is 12.4. The van der Waals surface area contributed by atoms with Gasteiger partial charge in [0.1, 0.15) is 9.88 Å². The average Bonchev–Trinajstić information content (AvgIpc) is 2.95. The first kappa shape index (κ1) is 17.4. The van der Waals surface area contributed by atoms with Gasteiger partial charge in [-0.05, 0) is 50.6 Å². The van der Waals surface area contributed by atoms with Crippen LogP contribution >= 0.6 is 22.9 Å². The molecule has 1 aliphatic rings. The number of likely N-dealkylation sites (tertiary alicyclic amines) is 1. The lowest BCUT2D eigenvalue weighted by atomic mass is 10.1. The number of amides is 1. The number of halogens is 1. The van der Waals surface area contributed by atoms with Gasteiger partial charge < -0.3 is 5.32 Å². The van der Waals surface area contributed by atoms with Crippen LogP contribution in [0.5, 0.6) is 0 Å². The number of nitrogens with zero attached hydrogens (tertiary/aromatic N) is 2. The number of aryl methyl sites for hydroxylation is 1. The first-order valence-electron chi connectivity index (χ1n) is 8.33. The second-order valence-electron chi connectivity index (χ2n) is 6.17. The number of nitrogens with one attached hydrogen (secondary N) is 1. The fourth-order valence-electron chi connectivity index (χ4n) is 2.90. The third kappa shape index (κ3) is 4.56.